The Balaban J connectivity index is 2.09. The Morgan fingerprint density at radius 2 is 2.33 bits per heavy atom. The third-order valence-electron chi connectivity index (χ3n) is 2.89. The fourth-order valence-electron chi connectivity index (χ4n) is 1.89. The van der Waals surface area contributed by atoms with Crippen LogP contribution in [0.4, 0.5) is 11.4 Å². The smallest absolute Gasteiger partial charge is 0.270 e. The van der Waals surface area contributed by atoms with Gasteiger partial charge in [0.25, 0.3) is 11.6 Å². The van der Waals surface area contributed by atoms with Crippen molar-refractivity contribution in [3.8, 4) is 0 Å². The predicted octanol–water partition coefficient (Wildman–Crippen LogP) is 1.19. The standard InChI is InChI=1S/C13H15N5O3/c1-9(8-17-6-2-5-15-17)16-13(19)11-7-10(18(20)21)3-4-12(11)14/h2-7,9H,8,14H2,1H3,(H,16,19). The Morgan fingerprint density at radius 1 is 1.57 bits per heavy atom. The molecule has 1 aromatic heterocycles. The van der Waals surface area contributed by atoms with E-state index in [-0.39, 0.29) is 23.0 Å². The highest BCUT2D eigenvalue weighted by molar-refractivity contribution is 5.99. The summed E-state index contributed by atoms with van der Waals surface area (Å²) in [6, 6.07) is 5.37. The molecule has 1 heterocycles. The van der Waals surface area contributed by atoms with E-state index in [1.807, 2.05) is 6.92 Å². The van der Waals surface area contributed by atoms with Crippen LogP contribution in [0, 0.1) is 10.1 Å². The summed E-state index contributed by atoms with van der Waals surface area (Å²) >= 11 is 0. The second-order valence-corrected chi connectivity index (χ2v) is 4.63. The fourth-order valence-corrected chi connectivity index (χ4v) is 1.89. The highest BCUT2D eigenvalue weighted by atomic mass is 16.6. The number of nitrogen functional groups attached to an aromatic ring is 1. The zero-order chi connectivity index (χ0) is 15.4. The normalized spacial score (nSPS) is 11.9. The van der Waals surface area contributed by atoms with E-state index in [2.05, 4.69) is 10.4 Å². The molecule has 0 aliphatic rings. The predicted molar refractivity (Wildman–Crippen MR) is 76.7 cm³/mol. The van der Waals surface area contributed by atoms with Gasteiger partial charge in [-0.25, -0.2) is 0 Å². The number of carbonyl (C=O) groups excluding carboxylic acids is 1. The number of nitrogens with zero attached hydrogens (tertiary/aromatic N) is 3. The molecule has 0 saturated heterocycles. The van der Waals surface area contributed by atoms with Crippen LogP contribution in [-0.4, -0.2) is 26.7 Å². The van der Waals surface area contributed by atoms with Gasteiger partial charge in [-0.2, -0.15) is 5.10 Å². The first kappa shape index (κ1) is 14.5. The molecule has 2 rings (SSSR count). The first-order valence-electron chi connectivity index (χ1n) is 6.29. The maximum absolute atomic E-state index is 12.1. The first-order chi connectivity index (χ1) is 9.97. The number of rotatable bonds is 5. The van der Waals surface area contributed by atoms with Crippen molar-refractivity contribution in [1.29, 1.82) is 0 Å². The third-order valence-corrected chi connectivity index (χ3v) is 2.89. The zero-order valence-corrected chi connectivity index (χ0v) is 11.4. The average Bonchev–Trinajstić information content (AvgIpc) is 2.91. The molecule has 0 bridgehead atoms. The number of nitrogens with two attached hydrogens (primary N) is 1. The van der Waals surface area contributed by atoms with Gasteiger partial charge < -0.3 is 11.1 Å². The molecule has 1 aromatic carbocycles. The van der Waals surface area contributed by atoms with Crippen molar-refractivity contribution in [3.63, 3.8) is 0 Å². The number of nitro groups is 1. The summed E-state index contributed by atoms with van der Waals surface area (Å²) in [5, 5.41) is 17.5. The van der Waals surface area contributed by atoms with Crippen LogP contribution < -0.4 is 11.1 Å². The molecule has 0 saturated carbocycles. The second kappa shape index (κ2) is 6.04. The fraction of sp³-hybridized carbons (Fsp3) is 0.231. The lowest BCUT2D eigenvalue weighted by atomic mass is 10.1. The molecule has 8 nitrogen and oxygen atoms in total. The summed E-state index contributed by atoms with van der Waals surface area (Å²) in [6.45, 7) is 2.31. The number of hydrogen-bond donors (Lipinski definition) is 2. The molecule has 3 N–H and O–H groups in total. The van der Waals surface area contributed by atoms with Crippen molar-refractivity contribution in [2.75, 3.05) is 5.73 Å². The number of nitro benzene ring substituents is 1. The zero-order valence-electron chi connectivity index (χ0n) is 11.4. The van der Waals surface area contributed by atoms with Gasteiger partial charge in [0.05, 0.1) is 17.0 Å². The van der Waals surface area contributed by atoms with E-state index in [0.717, 1.165) is 0 Å². The summed E-state index contributed by atoms with van der Waals surface area (Å²) in [5.41, 5.74) is 5.82. The molecule has 0 aliphatic carbocycles. The summed E-state index contributed by atoms with van der Waals surface area (Å²) in [6.07, 6.45) is 3.43. The lowest BCUT2D eigenvalue weighted by molar-refractivity contribution is -0.384. The number of aromatic nitrogens is 2. The van der Waals surface area contributed by atoms with Crippen molar-refractivity contribution >= 4 is 17.3 Å². The molecule has 0 fully saturated rings. The van der Waals surface area contributed by atoms with Gasteiger partial charge in [0, 0.05) is 36.3 Å². The van der Waals surface area contributed by atoms with Gasteiger partial charge in [-0.3, -0.25) is 19.6 Å². The maximum Gasteiger partial charge on any atom is 0.270 e. The number of hydrogen-bond acceptors (Lipinski definition) is 5. The molecule has 2 aromatic rings. The number of anilines is 1. The van der Waals surface area contributed by atoms with E-state index in [1.54, 1.807) is 23.1 Å². The van der Waals surface area contributed by atoms with Gasteiger partial charge in [0.1, 0.15) is 0 Å². The van der Waals surface area contributed by atoms with Crippen molar-refractivity contribution in [2.45, 2.75) is 19.5 Å². The van der Waals surface area contributed by atoms with Crippen LogP contribution in [0.15, 0.2) is 36.7 Å². The Morgan fingerprint density at radius 3 is 2.95 bits per heavy atom. The molecule has 0 spiro atoms. The average molecular weight is 289 g/mol. The van der Waals surface area contributed by atoms with E-state index in [9.17, 15) is 14.9 Å². The minimum Gasteiger partial charge on any atom is -0.398 e. The second-order valence-electron chi connectivity index (χ2n) is 4.63. The monoisotopic (exact) mass is 289 g/mol. The van der Waals surface area contributed by atoms with Crippen molar-refractivity contribution in [2.24, 2.45) is 0 Å². The highest BCUT2D eigenvalue weighted by Gasteiger charge is 2.17. The van der Waals surface area contributed by atoms with E-state index in [0.29, 0.717) is 6.54 Å². The SMILES string of the molecule is CC(Cn1cccn1)NC(=O)c1cc([N+](=O)[O-])ccc1N. The third kappa shape index (κ3) is 3.56. The molecular weight excluding hydrogens is 274 g/mol. The molecule has 1 amide bonds. The maximum atomic E-state index is 12.1. The van der Waals surface area contributed by atoms with Crippen LogP contribution in [0.5, 0.6) is 0 Å². The Hall–Kier alpha value is -2.90. The molecule has 0 radical (unpaired) electrons. The van der Waals surface area contributed by atoms with E-state index < -0.39 is 10.8 Å². The van der Waals surface area contributed by atoms with Gasteiger partial charge in [0.2, 0.25) is 0 Å². The van der Waals surface area contributed by atoms with Crippen LogP contribution in [-0.2, 0) is 6.54 Å². The largest absolute Gasteiger partial charge is 0.398 e. The molecule has 110 valence electrons. The quantitative estimate of drug-likeness (QED) is 0.487. The van der Waals surface area contributed by atoms with Crippen LogP contribution >= 0.6 is 0 Å². The van der Waals surface area contributed by atoms with E-state index in [4.69, 9.17) is 5.73 Å². The van der Waals surface area contributed by atoms with Gasteiger partial charge in [0.15, 0.2) is 0 Å². The molecular formula is C13H15N5O3. The van der Waals surface area contributed by atoms with Gasteiger partial charge >= 0.3 is 0 Å². The minimum absolute atomic E-state index is 0.0940. The molecule has 0 aliphatic heterocycles. The molecule has 8 heteroatoms. The lowest BCUT2D eigenvalue weighted by Gasteiger charge is -2.14. The minimum atomic E-state index is -0.566. The van der Waals surface area contributed by atoms with Crippen molar-refractivity contribution < 1.29 is 9.72 Å². The number of amides is 1. The van der Waals surface area contributed by atoms with Crippen LogP contribution in [0.1, 0.15) is 17.3 Å². The van der Waals surface area contributed by atoms with Crippen LogP contribution in [0.3, 0.4) is 0 Å². The Kier molecular flexibility index (Phi) is 4.17. The van der Waals surface area contributed by atoms with Crippen LogP contribution in [0.2, 0.25) is 0 Å². The van der Waals surface area contributed by atoms with Crippen molar-refractivity contribution in [3.05, 3.63) is 52.3 Å². The summed E-state index contributed by atoms with van der Waals surface area (Å²) in [7, 11) is 0. The van der Waals surface area contributed by atoms with Gasteiger partial charge in [-0.05, 0) is 19.1 Å². The lowest BCUT2D eigenvalue weighted by Crippen LogP contribution is -2.36. The van der Waals surface area contributed by atoms with Crippen molar-refractivity contribution in [1.82, 2.24) is 15.1 Å². The highest BCUT2D eigenvalue weighted by Crippen LogP contribution is 2.19. The van der Waals surface area contributed by atoms with Gasteiger partial charge in [-0.1, -0.05) is 0 Å². The van der Waals surface area contributed by atoms with E-state index >= 15 is 0 Å². The molecule has 1 unspecified atom stereocenters. The van der Waals surface area contributed by atoms with E-state index in [1.165, 1.54) is 18.2 Å². The summed E-state index contributed by atoms with van der Waals surface area (Å²) in [4.78, 5) is 22.3. The number of carbonyl (C=O) groups is 1. The Bertz CT molecular complexity index is 654. The molecule has 21 heavy (non-hydrogen) atoms. The Labute approximate surface area is 120 Å². The number of benzene rings is 1. The van der Waals surface area contributed by atoms with Crippen LogP contribution in [0.25, 0.3) is 0 Å². The topological polar surface area (TPSA) is 116 Å². The summed E-state index contributed by atoms with van der Waals surface area (Å²) in [5.74, 6) is -0.448. The summed E-state index contributed by atoms with van der Waals surface area (Å²) < 4.78 is 1.68. The number of non-ortho nitro benzene ring substituents is 1. The van der Waals surface area contributed by atoms with Gasteiger partial charge in [-0.15, -0.1) is 0 Å². The number of nitrogens with one attached hydrogen (secondary N) is 1. The first-order valence-corrected chi connectivity index (χ1v) is 6.29. The molecule has 1 atom stereocenters.